The van der Waals surface area contributed by atoms with Gasteiger partial charge < -0.3 is 10.6 Å². The molecule has 1 saturated carbocycles. The fourth-order valence-corrected chi connectivity index (χ4v) is 3.53. The van der Waals surface area contributed by atoms with Gasteiger partial charge in [0.05, 0.1) is 11.4 Å². The van der Waals surface area contributed by atoms with E-state index in [1.165, 1.54) is 25.7 Å². The van der Waals surface area contributed by atoms with Crippen molar-refractivity contribution >= 4 is 23.4 Å². The molecule has 2 heterocycles. The van der Waals surface area contributed by atoms with Crippen molar-refractivity contribution in [3.63, 3.8) is 0 Å². The third-order valence-electron chi connectivity index (χ3n) is 4.76. The molecule has 0 spiro atoms. The van der Waals surface area contributed by atoms with Crippen molar-refractivity contribution in [2.24, 2.45) is 0 Å². The Labute approximate surface area is 164 Å². The van der Waals surface area contributed by atoms with Crippen LogP contribution >= 0.6 is 11.6 Å². The molecule has 1 aliphatic rings. The lowest BCUT2D eigenvalue weighted by atomic mass is 10.2. The molecule has 1 fully saturated rings. The largest absolute Gasteiger partial charge is 0.366 e. The van der Waals surface area contributed by atoms with E-state index in [1.54, 1.807) is 6.20 Å². The zero-order valence-electron chi connectivity index (χ0n) is 15.0. The third-order valence-corrected chi connectivity index (χ3v) is 5.13. The summed E-state index contributed by atoms with van der Waals surface area (Å²) in [5.74, 6) is 1.40. The Morgan fingerprint density at radius 2 is 1.78 bits per heavy atom. The molecule has 138 valence electrons. The highest BCUT2D eigenvalue weighted by atomic mass is 35.5. The predicted molar refractivity (Wildman–Crippen MR) is 110 cm³/mol. The minimum atomic E-state index is 0.445. The zero-order valence-corrected chi connectivity index (χ0v) is 15.8. The number of hydrogen-bond donors (Lipinski definition) is 2. The molecular formula is C21H22ClN5. The summed E-state index contributed by atoms with van der Waals surface area (Å²) in [7, 11) is 0. The Morgan fingerprint density at radius 3 is 2.56 bits per heavy atom. The first-order chi connectivity index (χ1) is 13.3. The number of nitrogens with one attached hydrogen (secondary N) is 2. The lowest BCUT2D eigenvalue weighted by Gasteiger charge is -2.15. The van der Waals surface area contributed by atoms with Crippen molar-refractivity contribution in [1.82, 2.24) is 15.0 Å². The van der Waals surface area contributed by atoms with Gasteiger partial charge in [0.25, 0.3) is 0 Å². The molecule has 2 aromatic heterocycles. The van der Waals surface area contributed by atoms with Gasteiger partial charge in [-0.2, -0.15) is 4.98 Å². The lowest BCUT2D eigenvalue weighted by Crippen LogP contribution is -2.17. The molecule has 0 amide bonds. The van der Waals surface area contributed by atoms with Gasteiger partial charge in [-0.25, -0.2) is 4.98 Å². The molecule has 0 radical (unpaired) electrons. The highest BCUT2D eigenvalue weighted by Crippen LogP contribution is 2.24. The summed E-state index contributed by atoms with van der Waals surface area (Å²) in [5.41, 5.74) is 2.66. The molecule has 5 nitrogen and oxygen atoms in total. The minimum absolute atomic E-state index is 0.445. The van der Waals surface area contributed by atoms with Crippen LogP contribution in [0.3, 0.4) is 0 Å². The number of benzene rings is 1. The summed E-state index contributed by atoms with van der Waals surface area (Å²) >= 11 is 6.27. The van der Waals surface area contributed by atoms with Gasteiger partial charge in [-0.15, -0.1) is 0 Å². The van der Waals surface area contributed by atoms with Gasteiger partial charge in [-0.05, 0) is 36.6 Å². The van der Waals surface area contributed by atoms with E-state index in [1.807, 2.05) is 48.5 Å². The van der Waals surface area contributed by atoms with Gasteiger partial charge in [0.1, 0.15) is 5.82 Å². The minimum Gasteiger partial charge on any atom is -0.366 e. The summed E-state index contributed by atoms with van der Waals surface area (Å²) in [6.45, 7) is 0.598. The Morgan fingerprint density at radius 1 is 0.963 bits per heavy atom. The van der Waals surface area contributed by atoms with Gasteiger partial charge >= 0.3 is 0 Å². The van der Waals surface area contributed by atoms with Crippen LogP contribution in [0.2, 0.25) is 5.02 Å². The van der Waals surface area contributed by atoms with E-state index in [4.69, 9.17) is 11.6 Å². The fraction of sp³-hybridized carbons (Fsp3) is 0.286. The molecule has 6 heteroatoms. The molecular weight excluding hydrogens is 358 g/mol. The Balaban J connectivity index is 1.59. The Hall–Kier alpha value is -2.66. The number of pyridine rings is 1. The van der Waals surface area contributed by atoms with Crippen molar-refractivity contribution in [2.45, 2.75) is 38.3 Å². The zero-order chi connectivity index (χ0) is 18.5. The van der Waals surface area contributed by atoms with Gasteiger partial charge in [-0.1, -0.05) is 48.7 Å². The molecule has 4 rings (SSSR count). The summed E-state index contributed by atoms with van der Waals surface area (Å²) in [6, 6.07) is 16.0. The molecule has 27 heavy (non-hydrogen) atoms. The van der Waals surface area contributed by atoms with Crippen molar-refractivity contribution in [3.05, 3.63) is 65.3 Å². The maximum Gasteiger partial charge on any atom is 0.225 e. The second-order valence-electron chi connectivity index (χ2n) is 6.75. The lowest BCUT2D eigenvalue weighted by molar-refractivity contribution is 0.744. The van der Waals surface area contributed by atoms with Crippen LogP contribution in [0.25, 0.3) is 11.4 Å². The number of halogens is 1. The standard InChI is InChI=1S/C21H22ClN5/c22-17-10-4-1-7-15(17)14-24-20-13-19(18-11-5-6-12-23-18)26-21(27-20)25-16-8-2-3-9-16/h1,4-7,10-13,16H,2-3,8-9,14H2,(H2,24,25,26,27). The number of anilines is 2. The van der Waals surface area contributed by atoms with E-state index in [2.05, 4.69) is 25.6 Å². The van der Waals surface area contributed by atoms with Crippen molar-refractivity contribution in [3.8, 4) is 11.4 Å². The molecule has 3 aromatic rings. The normalized spacial score (nSPS) is 14.3. The molecule has 1 aliphatic carbocycles. The van der Waals surface area contributed by atoms with E-state index < -0.39 is 0 Å². The molecule has 0 bridgehead atoms. The first kappa shape index (κ1) is 17.7. The van der Waals surface area contributed by atoms with Crippen LogP contribution in [-0.4, -0.2) is 21.0 Å². The van der Waals surface area contributed by atoms with Crippen molar-refractivity contribution in [2.75, 3.05) is 10.6 Å². The number of nitrogens with zero attached hydrogens (tertiary/aromatic N) is 3. The maximum absolute atomic E-state index is 6.27. The van der Waals surface area contributed by atoms with Crippen molar-refractivity contribution < 1.29 is 0 Å². The van der Waals surface area contributed by atoms with E-state index in [0.29, 0.717) is 18.5 Å². The van der Waals surface area contributed by atoms with Gasteiger partial charge in [0.15, 0.2) is 0 Å². The van der Waals surface area contributed by atoms with Crippen LogP contribution < -0.4 is 10.6 Å². The summed E-state index contributed by atoms with van der Waals surface area (Å²) in [6.07, 6.45) is 6.63. The van der Waals surface area contributed by atoms with Crippen LogP contribution in [0.15, 0.2) is 54.7 Å². The quantitative estimate of drug-likeness (QED) is 0.619. The topological polar surface area (TPSA) is 62.7 Å². The predicted octanol–water partition coefficient (Wildman–Crippen LogP) is 5.16. The summed E-state index contributed by atoms with van der Waals surface area (Å²) < 4.78 is 0. The van der Waals surface area contributed by atoms with Crippen LogP contribution in [-0.2, 0) is 6.54 Å². The van der Waals surface area contributed by atoms with E-state index in [9.17, 15) is 0 Å². The Kier molecular flexibility index (Phi) is 5.49. The van der Waals surface area contributed by atoms with Gasteiger partial charge in [0.2, 0.25) is 5.95 Å². The number of rotatable bonds is 6. The highest BCUT2D eigenvalue weighted by Gasteiger charge is 2.17. The smallest absolute Gasteiger partial charge is 0.225 e. The van der Waals surface area contributed by atoms with Crippen LogP contribution in [0.1, 0.15) is 31.2 Å². The van der Waals surface area contributed by atoms with Crippen LogP contribution in [0.4, 0.5) is 11.8 Å². The average molecular weight is 380 g/mol. The van der Waals surface area contributed by atoms with Crippen molar-refractivity contribution in [1.29, 1.82) is 0 Å². The molecule has 0 saturated heterocycles. The second kappa shape index (κ2) is 8.35. The second-order valence-corrected chi connectivity index (χ2v) is 7.15. The molecule has 0 atom stereocenters. The molecule has 1 aromatic carbocycles. The SMILES string of the molecule is Clc1ccccc1CNc1cc(-c2ccccn2)nc(NC2CCCC2)n1. The molecule has 0 aliphatic heterocycles. The molecule has 0 unspecified atom stereocenters. The average Bonchev–Trinajstić information content (AvgIpc) is 3.21. The fourth-order valence-electron chi connectivity index (χ4n) is 3.33. The molecule has 2 N–H and O–H groups in total. The summed E-state index contributed by atoms with van der Waals surface area (Å²) in [5, 5.41) is 7.60. The van der Waals surface area contributed by atoms with Crippen LogP contribution in [0.5, 0.6) is 0 Å². The van der Waals surface area contributed by atoms with E-state index in [0.717, 1.165) is 27.8 Å². The van der Waals surface area contributed by atoms with Gasteiger partial charge in [-0.3, -0.25) is 4.98 Å². The monoisotopic (exact) mass is 379 g/mol. The number of aromatic nitrogens is 3. The van der Waals surface area contributed by atoms with Crippen LogP contribution in [0, 0.1) is 0 Å². The summed E-state index contributed by atoms with van der Waals surface area (Å²) in [4.78, 5) is 13.8. The first-order valence-electron chi connectivity index (χ1n) is 9.32. The Bertz CT molecular complexity index is 894. The number of hydrogen-bond acceptors (Lipinski definition) is 5. The van der Waals surface area contributed by atoms with Gasteiger partial charge in [0, 0.05) is 29.9 Å². The maximum atomic E-state index is 6.27. The first-order valence-corrected chi connectivity index (χ1v) is 9.70. The van der Waals surface area contributed by atoms with E-state index >= 15 is 0 Å². The van der Waals surface area contributed by atoms with E-state index in [-0.39, 0.29) is 0 Å². The third kappa shape index (κ3) is 4.55. The highest BCUT2D eigenvalue weighted by molar-refractivity contribution is 6.31.